The molecule has 3 N–H and O–H groups in total. The summed E-state index contributed by atoms with van der Waals surface area (Å²) in [6.45, 7) is 4.76. The lowest BCUT2D eigenvalue weighted by atomic mass is 9.81. The summed E-state index contributed by atoms with van der Waals surface area (Å²) in [7, 11) is 0. The number of halogens is 1. The molecule has 0 spiro atoms. The summed E-state index contributed by atoms with van der Waals surface area (Å²) >= 11 is 0. The molecule has 1 saturated heterocycles. The number of nitrogens with zero attached hydrogens (tertiary/aromatic N) is 1. The average Bonchev–Trinajstić information content (AvgIpc) is 2.38. The van der Waals surface area contributed by atoms with E-state index in [9.17, 15) is 9.90 Å². The zero-order valence-electron chi connectivity index (χ0n) is 11.0. The first-order chi connectivity index (χ1) is 8.61. The van der Waals surface area contributed by atoms with Crippen LogP contribution in [-0.2, 0) is 0 Å². The number of hydrogen-bond acceptors (Lipinski definition) is 4. The molecule has 0 radical (unpaired) electrons. The molecule has 2 rings (SSSR count). The summed E-state index contributed by atoms with van der Waals surface area (Å²) in [5.41, 5.74) is 0.223. The predicted molar refractivity (Wildman–Crippen MR) is 75.7 cm³/mol. The molecule has 5 nitrogen and oxygen atoms in total. The maximum atomic E-state index is 11.9. The van der Waals surface area contributed by atoms with Gasteiger partial charge in [-0.15, -0.1) is 12.4 Å². The number of amides is 1. The van der Waals surface area contributed by atoms with Crippen LogP contribution in [0.3, 0.4) is 0 Å². The first-order valence-corrected chi connectivity index (χ1v) is 6.24. The monoisotopic (exact) mass is 285 g/mol. The summed E-state index contributed by atoms with van der Waals surface area (Å²) in [4.78, 5) is 15.8. The highest BCUT2D eigenvalue weighted by Crippen LogP contribution is 2.26. The minimum Gasteiger partial charge on any atom is -0.505 e. The van der Waals surface area contributed by atoms with Gasteiger partial charge in [-0.3, -0.25) is 4.79 Å². The molecular formula is C13H20ClN3O2. The van der Waals surface area contributed by atoms with Gasteiger partial charge in [-0.2, -0.15) is 0 Å². The minimum atomic E-state index is -0.312. The van der Waals surface area contributed by atoms with Crippen LogP contribution in [0.1, 0.15) is 30.3 Å². The largest absolute Gasteiger partial charge is 0.505 e. The number of piperidine rings is 1. The van der Waals surface area contributed by atoms with Crippen molar-refractivity contribution >= 4 is 18.3 Å². The van der Waals surface area contributed by atoms with Crippen LogP contribution in [0.15, 0.2) is 18.3 Å². The Morgan fingerprint density at radius 1 is 1.53 bits per heavy atom. The fraction of sp³-hybridized carbons (Fsp3) is 0.538. The van der Waals surface area contributed by atoms with Gasteiger partial charge in [-0.25, -0.2) is 4.98 Å². The molecule has 1 aromatic rings. The minimum absolute atomic E-state index is 0. The Kier molecular flexibility index (Phi) is 5.57. The van der Waals surface area contributed by atoms with Crippen molar-refractivity contribution in [3.05, 3.63) is 24.0 Å². The van der Waals surface area contributed by atoms with Crippen molar-refractivity contribution in [2.24, 2.45) is 5.41 Å². The molecule has 1 amide bonds. The van der Waals surface area contributed by atoms with Crippen LogP contribution in [0.2, 0.25) is 0 Å². The summed E-state index contributed by atoms with van der Waals surface area (Å²) in [6.07, 6.45) is 3.59. The molecule has 2 heterocycles. The maximum absolute atomic E-state index is 11.9. The Morgan fingerprint density at radius 3 is 2.84 bits per heavy atom. The lowest BCUT2D eigenvalue weighted by Gasteiger charge is -2.34. The van der Waals surface area contributed by atoms with E-state index >= 15 is 0 Å². The van der Waals surface area contributed by atoms with Crippen LogP contribution in [0.5, 0.6) is 5.75 Å². The number of nitrogens with one attached hydrogen (secondary N) is 2. The van der Waals surface area contributed by atoms with E-state index in [4.69, 9.17) is 0 Å². The third kappa shape index (κ3) is 4.08. The smallest absolute Gasteiger partial charge is 0.273 e. The van der Waals surface area contributed by atoms with Gasteiger partial charge < -0.3 is 15.7 Å². The van der Waals surface area contributed by atoms with Crippen LogP contribution in [0.4, 0.5) is 0 Å². The highest BCUT2D eigenvalue weighted by molar-refractivity contribution is 5.94. The summed E-state index contributed by atoms with van der Waals surface area (Å²) in [5, 5.41) is 15.7. The van der Waals surface area contributed by atoms with Gasteiger partial charge in [-0.05, 0) is 43.5 Å². The molecule has 1 fully saturated rings. The van der Waals surface area contributed by atoms with Crippen molar-refractivity contribution < 1.29 is 9.90 Å². The summed E-state index contributed by atoms with van der Waals surface area (Å²) in [5.74, 6) is -0.390. The fourth-order valence-electron chi connectivity index (χ4n) is 2.16. The Labute approximate surface area is 119 Å². The second kappa shape index (κ2) is 6.73. The molecule has 0 aliphatic carbocycles. The molecule has 1 aliphatic heterocycles. The van der Waals surface area contributed by atoms with Crippen molar-refractivity contribution in [1.82, 2.24) is 15.6 Å². The number of rotatable bonds is 3. The van der Waals surface area contributed by atoms with E-state index in [-0.39, 0.29) is 35.2 Å². The molecule has 0 bridgehead atoms. The van der Waals surface area contributed by atoms with Crippen molar-refractivity contribution in [1.29, 1.82) is 0 Å². The van der Waals surface area contributed by atoms with Crippen molar-refractivity contribution in [3.8, 4) is 5.75 Å². The Hall–Kier alpha value is -1.33. The molecule has 106 valence electrons. The zero-order chi connectivity index (χ0) is 13.0. The number of carbonyl (C=O) groups excluding carboxylic acids is 1. The SMILES string of the molecule is CC1(CNC(=O)c2ncccc2O)CCNCC1.Cl. The van der Waals surface area contributed by atoms with E-state index in [1.54, 1.807) is 6.07 Å². The van der Waals surface area contributed by atoms with Crippen molar-refractivity contribution in [2.75, 3.05) is 19.6 Å². The second-order valence-electron chi connectivity index (χ2n) is 5.11. The molecule has 19 heavy (non-hydrogen) atoms. The zero-order valence-corrected chi connectivity index (χ0v) is 11.8. The van der Waals surface area contributed by atoms with E-state index in [0.29, 0.717) is 6.54 Å². The highest BCUT2D eigenvalue weighted by atomic mass is 35.5. The number of hydrogen-bond donors (Lipinski definition) is 3. The van der Waals surface area contributed by atoms with Crippen LogP contribution in [-0.4, -0.2) is 35.6 Å². The van der Waals surface area contributed by atoms with Crippen LogP contribution >= 0.6 is 12.4 Å². The van der Waals surface area contributed by atoms with Gasteiger partial charge in [0.15, 0.2) is 5.69 Å². The molecule has 0 aromatic carbocycles. The van der Waals surface area contributed by atoms with E-state index in [2.05, 4.69) is 22.5 Å². The van der Waals surface area contributed by atoms with Gasteiger partial charge in [0.2, 0.25) is 0 Å². The Bertz CT molecular complexity index is 434. The third-order valence-corrected chi connectivity index (χ3v) is 3.49. The summed E-state index contributed by atoms with van der Waals surface area (Å²) < 4.78 is 0. The fourth-order valence-corrected chi connectivity index (χ4v) is 2.16. The van der Waals surface area contributed by atoms with E-state index in [1.807, 2.05) is 0 Å². The topological polar surface area (TPSA) is 74.2 Å². The quantitative estimate of drug-likeness (QED) is 0.783. The Balaban J connectivity index is 0.00000180. The number of aromatic nitrogens is 1. The predicted octanol–water partition coefficient (Wildman–Crippen LogP) is 1.33. The third-order valence-electron chi connectivity index (χ3n) is 3.49. The van der Waals surface area contributed by atoms with Crippen molar-refractivity contribution in [3.63, 3.8) is 0 Å². The molecule has 0 atom stereocenters. The molecule has 0 saturated carbocycles. The van der Waals surface area contributed by atoms with Gasteiger partial charge in [0, 0.05) is 12.7 Å². The Morgan fingerprint density at radius 2 is 2.21 bits per heavy atom. The molecule has 1 aromatic heterocycles. The number of aromatic hydroxyl groups is 1. The first kappa shape index (κ1) is 15.7. The van der Waals surface area contributed by atoms with E-state index in [0.717, 1.165) is 25.9 Å². The normalized spacial score (nSPS) is 17.3. The molecule has 0 unspecified atom stereocenters. The van der Waals surface area contributed by atoms with Crippen LogP contribution in [0, 0.1) is 5.41 Å². The van der Waals surface area contributed by atoms with E-state index in [1.165, 1.54) is 12.3 Å². The highest BCUT2D eigenvalue weighted by Gasteiger charge is 2.27. The van der Waals surface area contributed by atoms with Crippen LogP contribution in [0.25, 0.3) is 0 Å². The van der Waals surface area contributed by atoms with Gasteiger partial charge >= 0.3 is 0 Å². The lowest BCUT2D eigenvalue weighted by molar-refractivity contribution is 0.0914. The molecule has 1 aliphatic rings. The molecular weight excluding hydrogens is 266 g/mol. The van der Waals surface area contributed by atoms with Gasteiger partial charge in [-0.1, -0.05) is 6.92 Å². The molecule has 6 heteroatoms. The summed E-state index contributed by atoms with van der Waals surface area (Å²) in [6, 6.07) is 3.06. The van der Waals surface area contributed by atoms with Gasteiger partial charge in [0.1, 0.15) is 5.75 Å². The number of pyridine rings is 1. The maximum Gasteiger partial charge on any atom is 0.273 e. The first-order valence-electron chi connectivity index (χ1n) is 6.24. The van der Waals surface area contributed by atoms with Crippen LogP contribution < -0.4 is 10.6 Å². The van der Waals surface area contributed by atoms with Gasteiger partial charge in [0.05, 0.1) is 0 Å². The average molecular weight is 286 g/mol. The van der Waals surface area contributed by atoms with E-state index < -0.39 is 0 Å². The van der Waals surface area contributed by atoms with Crippen molar-refractivity contribution in [2.45, 2.75) is 19.8 Å². The van der Waals surface area contributed by atoms with Gasteiger partial charge in [0.25, 0.3) is 5.91 Å². The lowest BCUT2D eigenvalue weighted by Crippen LogP contribution is -2.43. The standard InChI is InChI=1S/C13H19N3O2.ClH/c1-13(4-7-14-8-5-13)9-16-12(18)11-10(17)3-2-6-15-11;/h2-3,6,14,17H,4-5,7-9H2,1H3,(H,16,18);1H. The number of carbonyl (C=O) groups is 1. The second-order valence-corrected chi connectivity index (χ2v) is 5.11.